The van der Waals surface area contributed by atoms with E-state index in [9.17, 15) is 9.59 Å². The minimum Gasteiger partial charge on any atom is -0.350 e. The predicted octanol–water partition coefficient (Wildman–Crippen LogP) is 0.112. The van der Waals surface area contributed by atoms with Crippen molar-refractivity contribution in [1.82, 2.24) is 15.5 Å². The topological polar surface area (TPSA) is 61.4 Å². The highest BCUT2D eigenvalue weighted by Crippen LogP contribution is 2.19. The Morgan fingerprint density at radius 3 is 2.78 bits per heavy atom. The summed E-state index contributed by atoms with van der Waals surface area (Å²) >= 11 is 0. The number of likely N-dealkylation sites (tertiary alicyclic amines) is 1. The number of nitrogens with one attached hydrogen (secondary N) is 2. The summed E-state index contributed by atoms with van der Waals surface area (Å²) in [7, 11) is 0. The predicted molar refractivity (Wildman–Crippen MR) is 69.0 cm³/mol. The van der Waals surface area contributed by atoms with Gasteiger partial charge in [-0.05, 0) is 25.3 Å². The second kappa shape index (κ2) is 5.69. The average molecular weight is 253 g/mol. The van der Waals surface area contributed by atoms with E-state index in [0.29, 0.717) is 6.42 Å². The monoisotopic (exact) mass is 253 g/mol. The van der Waals surface area contributed by atoms with Crippen molar-refractivity contribution in [2.24, 2.45) is 5.92 Å². The Labute approximate surface area is 108 Å². The maximum atomic E-state index is 12.3. The lowest BCUT2D eigenvalue weighted by molar-refractivity contribution is -0.139. The minimum absolute atomic E-state index is 0.00829. The smallest absolute Gasteiger partial charge is 0.243 e. The van der Waals surface area contributed by atoms with Crippen LogP contribution in [0.15, 0.2) is 0 Å². The maximum Gasteiger partial charge on any atom is 0.243 e. The van der Waals surface area contributed by atoms with Gasteiger partial charge >= 0.3 is 0 Å². The van der Waals surface area contributed by atoms with Gasteiger partial charge in [0.05, 0.1) is 0 Å². The van der Waals surface area contributed by atoms with Crippen LogP contribution in [-0.4, -0.2) is 48.4 Å². The molecular weight excluding hydrogens is 230 g/mol. The van der Waals surface area contributed by atoms with Crippen molar-refractivity contribution in [3.05, 3.63) is 0 Å². The molecular formula is C13H23N3O2. The van der Waals surface area contributed by atoms with E-state index >= 15 is 0 Å². The van der Waals surface area contributed by atoms with Crippen molar-refractivity contribution in [1.29, 1.82) is 0 Å². The average Bonchev–Trinajstić information content (AvgIpc) is 2.91. The largest absolute Gasteiger partial charge is 0.350 e. The first-order valence-electron chi connectivity index (χ1n) is 6.90. The zero-order valence-electron chi connectivity index (χ0n) is 11.2. The molecule has 2 N–H and O–H groups in total. The molecule has 0 aromatic carbocycles. The van der Waals surface area contributed by atoms with Crippen molar-refractivity contribution in [2.45, 2.75) is 45.2 Å². The Bertz CT molecular complexity index is 324. The number of hydrogen-bond donors (Lipinski definition) is 2. The van der Waals surface area contributed by atoms with Crippen molar-refractivity contribution >= 4 is 11.8 Å². The Balaban J connectivity index is 1.99. The third-order valence-corrected chi connectivity index (χ3v) is 3.75. The molecule has 0 spiro atoms. The highest BCUT2D eigenvalue weighted by Gasteiger charge is 2.35. The van der Waals surface area contributed by atoms with E-state index in [1.54, 1.807) is 4.90 Å². The van der Waals surface area contributed by atoms with Gasteiger partial charge in [-0.2, -0.15) is 0 Å². The molecule has 0 aromatic heterocycles. The molecule has 5 nitrogen and oxygen atoms in total. The fourth-order valence-electron chi connectivity index (χ4n) is 2.83. The number of rotatable bonds is 4. The van der Waals surface area contributed by atoms with Crippen LogP contribution in [0.2, 0.25) is 0 Å². The molecule has 2 amide bonds. The van der Waals surface area contributed by atoms with Gasteiger partial charge in [-0.1, -0.05) is 13.8 Å². The lowest BCUT2D eigenvalue weighted by Gasteiger charge is -2.30. The molecule has 2 atom stereocenters. The van der Waals surface area contributed by atoms with Gasteiger partial charge in [0.2, 0.25) is 11.8 Å². The molecule has 5 heteroatoms. The van der Waals surface area contributed by atoms with E-state index in [2.05, 4.69) is 10.6 Å². The van der Waals surface area contributed by atoms with E-state index in [1.807, 2.05) is 13.8 Å². The molecule has 2 unspecified atom stereocenters. The van der Waals surface area contributed by atoms with Crippen LogP contribution in [0.4, 0.5) is 0 Å². The second-order valence-electron chi connectivity index (χ2n) is 5.58. The van der Waals surface area contributed by atoms with Crippen LogP contribution < -0.4 is 10.6 Å². The molecule has 18 heavy (non-hydrogen) atoms. The lowest BCUT2D eigenvalue weighted by atomic mass is 10.0. The van der Waals surface area contributed by atoms with E-state index in [0.717, 1.165) is 32.5 Å². The summed E-state index contributed by atoms with van der Waals surface area (Å²) in [5, 5.41) is 6.29. The van der Waals surface area contributed by atoms with Crippen LogP contribution in [0.25, 0.3) is 0 Å². The van der Waals surface area contributed by atoms with Crippen LogP contribution >= 0.6 is 0 Å². The third-order valence-electron chi connectivity index (χ3n) is 3.75. The molecule has 2 heterocycles. The molecule has 2 fully saturated rings. The third kappa shape index (κ3) is 2.83. The Kier molecular flexibility index (Phi) is 4.22. The number of carbonyl (C=O) groups is 2. The summed E-state index contributed by atoms with van der Waals surface area (Å²) in [6.45, 7) is 6.52. The van der Waals surface area contributed by atoms with Gasteiger partial charge in [0, 0.05) is 25.6 Å². The summed E-state index contributed by atoms with van der Waals surface area (Å²) in [4.78, 5) is 25.9. The fraction of sp³-hybridized carbons (Fsp3) is 0.846. The summed E-state index contributed by atoms with van der Waals surface area (Å²) in [5.74, 6) is 0.281. The minimum atomic E-state index is -0.305. The van der Waals surface area contributed by atoms with Crippen LogP contribution in [0.5, 0.6) is 0 Å². The Morgan fingerprint density at radius 2 is 2.28 bits per heavy atom. The lowest BCUT2D eigenvalue weighted by Crippen LogP contribution is -2.53. The first-order valence-corrected chi connectivity index (χ1v) is 6.90. The van der Waals surface area contributed by atoms with Crippen LogP contribution in [0.1, 0.15) is 33.1 Å². The molecule has 2 aliphatic heterocycles. The number of nitrogens with zero attached hydrogens (tertiary/aromatic N) is 1. The van der Waals surface area contributed by atoms with Crippen molar-refractivity contribution in [3.63, 3.8) is 0 Å². The van der Waals surface area contributed by atoms with Crippen molar-refractivity contribution in [2.75, 3.05) is 19.6 Å². The molecule has 0 bridgehead atoms. The number of hydrogen-bond acceptors (Lipinski definition) is 3. The normalized spacial score (nSPS) is 25.8. The van der Waals surface area contributed by atoms with Gasteiger partial charge in [-0.3, -0.25) is 9.59 Å². The SMILES string of the molecule is CC(C)C(C(=O)NC1CCNC1)N1CCCC1=O. The molecule has 0 aliphatic carbocycles. The maximum absolute atomic E-state index is 12.3. The van der Waals surface area contributed by atoms with Crippen LogP contribution in [0, 0.1) is 5.92 Å². The highest BCUT2D eigenvalue weighted by atomic mass is 16.2. The van der Waals surface area contributed by atoms with Gasteiger partial charge in [0.15, 0.2) is 0 Å². The van der Waals surface area contributed by atoms with E-state index < -0.39 is 0 Å². The molecule has 0 radical (unpaired) electrons. The van der Waals surface area contributed by atoms with Gasteiger partial charge in [0.25, 0.3) is 0 Å². The number of carbonyl (C=O) groups excluding carboxylic acids is 2. The highest BCUT2D eigenvalue weighted by molar-refractivity contribution is 5.89. The van der Waals surface area contributed by atoms with Crippen LogP contribution in [-0.2, 0) is 9.59 Å². The van der Waals surface area contributed by atoms with Gasteiger partial charge in [0.1, 0.15) is 6.04 Å². The fourth-order valence-corrected chi connectivity index (χ4v) is 2.83. The quantitative estimate of drug-likeness (QED) is 0.747. The van der Waals surface area contributed by atoms with Crippen LogP contribution in [0.3, 0.4) is 0 Å². The molecule has 102 valence electrons. The zero-order valence-corrected chi connectivity index (χ0v) is 11.2. The molecule has 2 rings (SSSR count). The standard InChI is InChI=1S/C13H23N3O2/c1-9(2)12(16-7-3-4-11(16)17)13(18)15-10-5-6-14-8-10/h9-10,12,14H,3-8H2,1-2H3,(H,15,18). The van der Waals surface area contributed by atoms with Gasteiger partial charge in [-0.15, -0.1) is 0 Å². The van der Waals surface area contributed by atoms with Crippen molar-refractivity contribution in [3.8, 4) is 0 Å². The summed E-state index contributed by atoms with van der Waals surface area (Å²) < 4.78 is 0. The van der Waals surface area contributed by atoms with Gasteiger partial charge in [-0.25, -0.2) is 0 Å². The molecule has 2 aliphatic rings. The van der Waals surface area contributed by atoms with Gasteiger partial charge < -0.3 is 15.5 Å². The molecule has 2 saturated heterocycles. The van der Waals surface area contributed by atoms with E-state index in [-0.39, 0.29) is 29.8 Å². The summed E-state index contributed by atoms with van der Waals surface area (Å²) in [6, 6.07) is -0.0861. The first-order chi connectivity index (χ1) is 8.59. The summed E-state index contributed by atoms with van der Waals surface area (Å²) in [5.41, 5.74) is 0. The Morgan fingerprint density at radius 1 is 1.50 bits per heavy atom. The summed E-state index contributed by atoms with van der Waals surface area (Å²) in [6.07, 6.45) is 2.44. The van der Waals surface area contributed by atoms with Crippen molar-refractivity contribution < 1.29 is 9.59 Å². The molecule has 0 saturated carbocycles. The molecule has 0 aromatic rings. The zero-order chi connectivity index (χ0) is 13.1. The van der Waals surface area contributed by atoms with E-state index in [1.165, 1.54) is 0 Å². The first kappa shape index (κ1) is 13.3. The number of amides is 2. The second-order valence-corrected chi connectivity index (χ2v) is 5.58. The van der Waals surface area contributed by atoms with E-state index in [4.69, 9.17) is 0 Å². The Hall–Kier alpha value is -1.10.